The molecule has 0 spiro atoms. The molecule has 2 aromatic heterocycles. The van der Waals surface area contributed by atoms with Gasteiger partial charge in [-0.15, -0.1) is 0 Å². The van der Waals surface area contributed by atoms with E-state index in [9.17, 15) is 0 Å². The van der Waals surface area contributed by atoms with Gasteiger partial charge in [0.15, 0.2) is 0 Å². The Labute approximate surface area is 120 Å². The van der Waals surface area contributed by atoms with Gasteiger partial charge < -0.3 is 14.5 Å². The van der Waals surface area contributed by atoms with Crippen LogP contribution in [0.1, 0.15) is 49.7 Å². The van der Waals surface area contributed by atoms with Crippen LogP contribution in [0.3, 0.4) is 0 Å². The molecule has 0 aliphatic heterocycles. The summed E-state index contributed by atoms with van der Waals surface area (Å²) in [6, 6.07) is 0.605. The van der Waals surface area contributed by atoms with Crippen molar-refractivity contribution in [3.63, 3.8) is 0 Å². The first-order valence-corrected chi connectivity index (χ1v) is 7.49. The van der Waals surface area contributed by atoms with Gasteiger partial charge in [0, 0.05) is 31.7 Å². The highest BCUT2D eigenvalue weighted by Crippen LogP contribution is 2.30. The molecule has 0 bridgehead atoms. The molecule has 0 unspecified atom stereocenters. The van der Waals surface area contributed by atoms with E-state index < -0.39 is 0 Å². The summed E-state index contributed by atoms with van der Waals surface area (Å²) in [6.07, 6.45) is 12.6. The molecule has 108 valence electrons. The second-order valence-electron chi connectivity index (χ2n) is 5.71. The molecule has 2 aromatic rings. The van der Waals surface area contributed by atoms with Gasteiger partial charge >= 0.3 is 0 Å². The van der Waals surface area contributed by atoms with Crippen LogP contribution in [0.25, 0.3) is 0 Å². The van der Waals surface area contributed by atoms with Crippen molar-refractivity contribution in [3.8, 4) is 0 Å². The van der Waals surface area contributed by atoms with Gasteiger partial charge in [-0.2, -0.15) is 0 Å². The minimum absolute atomic E-state index is 0.605. The number of hydrogen-bond donors (Lipinski definition) is 1. The molecule has 0 radical (unpaired) electrons. The van der Waals surface area contributed by atoms with Gasteiger partial charge in [-0.05, 0) is 19.8 Å². The predicted octanol–water partition coefficient (Wildman–Crippen LogP) is 3.04. The first kappa shape index (κ1) is 13.2. The molecule has 1 saturated carbocycles. The molecule has 1 aliphatic carbocycles. The van der Waals surface area contributed by atoms with Crippen molar-refractivity contribution in [1.29, 1.82) is 0 Å². The third kappa shape index (κ3) is 2.71. The lowest BCUT2D eigenvalue weighted by molar-refractivity contribution is 0.355. The lowest BCUT2D eigenvalue weighted by Gasteiger charge is -2.24. The maximum Gasteiger partial charge on any atom is 0.203 e. The first-order valence-electron chi connectivity index (χ1n) is 7.49. The average Bonchev–Trinajstić information content (AvgIpc) is 3.03. The van der Waals surface area contributed by atoms with Crippen LogP contribution < -0.4 is 5.32 Å². The van der Waals surface area contributed by atoms with Gasteiger partial charge in [0.05, 0.1) is 12.2 Å². The molecule has 3 rings (SSSR count). The normalized spacial score (nSPS) is 16.5. The number of rotatable bonds is 4. The molecule has 0 saturated heterocycles. The molecule has 20 heavy (non-hydrogen) atoms. The standard InChI is InChI=1S/C15H23N5/c1-12-11-20(13-6-4-3-5-7-13)15(18-12)17-10-14-16-8-9-19(14)2/h8-9,11,13H,3-7,10H2,1-2H3,(H,17,18). The highest BCUT2D eigenvalue weighted by atomic mass is 15.2. The summed E-state index contributed by atoms with van der Waals surface area (Å²) in [4.78, 5) is 8.97. The second-order valence-corrected chi connectivity index (χ2v) is 5.71. The Morgan fingerprint density at radius 2 is 2.10 bits per heavy atom. The molecular weight excluding hydrogens is 250 g/mol. The molecule has 5 heteroatoms. The summed E-state index contributed by atoms with van der Waals surface area (Å²) in [7, 11) is 2.02. The van der Waals surface area contributed by atoms with Crippen molar-refractivity contribution in [2.24, 2.45) is 7.05 Å². The molecule has 1 N–H and O–H groups in total. The minimum Gasteiger partial charge on any atom is -0.348 e. The van der Waals surface area contributed by atoms with Crippen molar-refractivity contribution in [2.45, 2.75) is 51.6 Å². The largest absolute Gasteiger partial charge is 0.348 e. The molecule has 5 nitrogen and oxygen atoms in total. The van der Waals surface area contributed by atoms with Crippen LogP contribution in [-0.2, 0) is 13.6 Å². The Bertz CT molecular complexity index is 563. The molecular formula is C15H23N5. The fourth-order valence-corrected chi connectivity index (χ4v) is 3.01. The highest BCUT2D eigenvalue weighted by Gasteiger charge is 2.18. The van der Waals surface area contributed by atoms with Crippen LogP contribution in [0.2, 0.25) is 0 Å². The van der Waals surface area contributed by atoms with Crippen molar-refractivity contribution in [1.82, 2.24) is 19.1 Å². The van der Waals surface area contributed by atoms with Gasteiger partial charge in [0.2, 0.25) is 5.95 Å². The number of nitrogens with zero attached hydrogens (tertiary/aromatic N) is 4. The minimum atomic E-state index is 0.605. The van der Waals surface area contributed by atoms with E-state index in [1.807, 2.05) is 24.0 Å². The Morgan fingerprint density at radius 3 is 2.80 bits per heavy atom. The van der Waals surface area contributed by atoms with Crippen LogP contribution in [0, 0.1) is 6.92 Å². The van der Waals surface area contributed by atoms with Gasteiger partial charge in [-0.1, -0.05) is 19.3 Å². The van der Waals surface area contributed by atoms with Gasteiger partial charge in [0.25, 0.3) is 0 Å². The number of aromatic nitrogens is 4. The van der Waals surface area contributed by atoms with Crippen LogP contribution in [0.5, 0.6) is 0 Å². The zero-order chi connectivity index (χ0) is 13.9. The lowest BCUT2D eigenvalue weighted by Crippen LogP contribution is -2.16. The Hall–Kier alpha value is -1.78. The van der Waals surface area contributed by atoms with Crippen molar-refractivity contribution in [3.05, 3.63) is 30.1 Å². The van der Waals surface area contributed by atoms with Crippen molar-refractivity contribution < 1.29 is 0 Å². The molecule has 0 aromatic carbocycles. The fourth-order valence-electron chi connectivity index (χ4n) is 3.01. The number of imidazole rings is 2. The summed E-state index contributed by atoms with van der Waals surface area (Å²) in [5.41, 5.74) is 1.08. The van der Waals surface area contributed by atoms with Crippen LogP contribution in [0.4, 0.5) is 5.95 Å². The second kappa shape index (κ2) is 5.69. The third-order valence-corrected chi connectivity index (χ3v) is 4.15. The topological polar surface area (TPSA) is 47.7 Å². The van der Waals surface area contributed by atoms with E-state index >= 15 is 0 Å². The number of hydrogen-bond acceptors (Lipinski definition) is 3. The van der Waals surface area contributed by atoms with Crippen LogP contribution in [0.15, 0.2) is 18.6 Å². The zero-order valence-electron chi connectivity index (χ0n) is 12.3. The number of aryl methyl sites for hydroxylation is 2. The van der Waals surface area contributed by atoms with E-state index in [2.05, 4.69) is 33.0 Å². The quantitative estimate of drug-likeness (QED) is 0.931. The van der Waals surface area contributed by atoms with Crippen LogP contribution >= 0.6 is 0 Å². The summed E-state index contributed by atoms with van der Waals surface area (Å²) in [5.74, 6) is 2.01. The number of anilines is 1. The summed E-state index contributed by atoms with van der Waals surface area (Å²) < 4.78 is 4.37. The van der Waals surface area contributed by atoms with Gasteiger partial charge in [-0.3, -0.25) is 0 Å². The molecule has 2 heterocycles. The smallest absolute Gasteiger partial charge is 0.203 e. The van der Waals surface area contributed by atoms with E-state index in [1.54, 1.807) is 0 Å². The Morgan fingerprint density at radius 1 is 1.30 bits per heavy atom. The predicted molar refractivity (Wildman–Crippen MR) is 79.6 cm³/mol. The van der Waals surface area contributed by atoms with E-state index in [1.165, 1.54) is 32.1 Å². The SMILES string of the molecule is Cc1cn(C2CCCCC2)c(NCc2nccn2C)n1. The van der Waals surface area contributed by atoms with Gasteiger partial charge in [-0.25, -0.2) is 9.97 Å². The maximum atomic E-state index is 4.63. The summed E-state index contributed by atoms with van der Waals surface area (Å²) >= 11 is 0. The molecule has 0 atom stereocenters. The van der Waals surface area contributed by atoms with Crippen molar-refractivity contribution in [2.75, 3.05) is 5.32 Å². The first-order chi connectivity index (χ1) is 9.74. The summed E-state index contributed by atoms with van der Waals surface area (Å²) in [6.45, 7) is 2.78. The highest BCUT2D eigenvalue weighted by molar-refractivity contribution is 5.30. The average molecular weight is 273 g/mol. The molecule has 1 fully saturated rings. The maximum absolute atomic E-state index is 4.63. The third-order valence-electron chi connectivity index (χ3n) is 4.15. The van der Waals surface area contributed by atoms with E-state index in [0.717, 1.165) is 17.5 Å². The fraction of sp³-hybridized carbons (Fsp3) is 0.600. The number of nitrogens with one attached hydrogen (secondary N) is 1. The van der Waals surface area contributed by atoms with E-state index in [4.69, 9.17) is 0 Å². The van der Waals surface area contributed by atoms with Gasteiger partial charge in [0.1, 0.15) is 5.82 Å². The van der Waals surface area contributed by atoms with E-state index in [0.29, 0.717) is 12.6 Å². The summed E-state index contributed by atoms with van der Waals surface area (Å²) in [5, 5.41) is 3.44. The van der Waals surface area contributed by atoms with Crippen molar-refractivity contribution >= 4 is 5.95 Å². The monoisotopic (exact) mass is 273 g/mol. The lowest BCUT2D eigenvalue weighted by atomic mass is 9.95. The Balaban J connectivity index is 1.74. The van der Waals surface area contributed by atoms with Crippen LogP contribution in [-0.4, -0.2) is 19.1 Å². The zero-order valence-corrected chi connectivity index (χ0v) is 12.3. The molecule has 1 aliphatic rings. The van der Waals surface area contributed by atoms with E-state index in [-0.39, 0.29) is 0 Å². The Kier molecular flexibility index (Phi) is 3.76. The molecule has 0 amide bonds.